The lowest BCUT2D eigenvalue weighted by molar-refractivity contribution is 0.157. The van der Waals surface area contributed by atoms with Gasteiger partial charge < -0.3 is 15.1 Å². The molecule has 0 spiro atoms. The minimum atomic E-state index is -0.0282. The molecule has 2 amide bonds. The van der Waals surface area contributed by atoms with Gasteiger partial charge in [-0.15, -0.1) is 0 Å². The van der Waals surface area contributed by atoms with Crippen LogP contribution in [0, 0.1) is 0 Å². The normalized spacial score (nSPS) is 19.7. The molecule has 134 valence electrons. The van der Waals surface area contributed by atoms with Crippen LogP contribution in [-0.2, 0) is 0 Å². The Labute approximate surface area is 146 Å². The second-order valence-corrected chi connectivity index (χ2v) is 6.86. The van der Waals surface area contributed by atoms with Crippen molar-refractivity contribution in [1.29, 1.82) is 0 Å². The van der Waals surface area contributed by atoms with Crippen LogP contribution in [-0.4, -0.2) is 53.5 Å². The van der Waals surface area contributed by atoms with Gasteiger partial charge in [0.25, 0.3) is 0 Å². The predicted octanol–water partition coefficient (Wildman–Crippen LogP) is 3.44. The zero-order valence-corrected chi connectivity index (χ0v) is 15.4. The monoisotopic (exact) mass is 332 g/mol. The summed E-state index contributed by atoms with van der Waals surface area (Å²) in [7, 11) is 1.82. The van der Waals surface area contributed by atoms with Crippen molar-refractivity contribution < 1.29 is 4.79 Å². The van der Waals surface area contributed by atoms with Gasteiger partial charge in [-0.1, -0.05) is 12.5 Å². The van der Waals surface area contributed by atoms with Crippen LogP contribution in [0.4, 0.5) is 4.79 Å². The Morgan fingerprint density at radius 3 is 2.96 bits per heavy atom. The highest BCUT2D eigenvalue weighted by Gasteiger charge is 2.18. The number of hydrogen-bond acceptors (Lipinski definition) is 3. The highest BCUT2D eigenvalue weighted by molar-refractivity contribution is 5.74. The van der Waals surface area contributed by atoms with E-state index in [4.69, 9.17) is 0 Å². The molecule has 1 aromatic heterocycles. The molecule has 5 nitrogen and oxygen atoms in total. The van der Waals surface area contributed by atoms with E-state index in [1.54, 1.807) is 11.1 Å². The summed E-state index contributed by atoms with van der Waals surface area (Å²) in [5.41, 5.74) is 0.911. The zero-order chi connectivity index (χ0) is 17.4. The number of aromatic nitrogens is 1. The quantitative estimate of drug-likeness (QED) is 0.778. The zero-order valence-electron chi connectivity index (χ0n) is 15.4. The number of pyridine rings is 1. The summed E-state index contributed by atoms with van der Waals surface area (Å²) in [4.78, 5) is 20.9. The van der Waals surface area contributed by atoms with E-state index in [-0.39, 0.29) is 12.1 Å². The van der Waals surface area contributed by atoms with Gasteiger partial charge in [0.2, 0.25) is 0 Å². The van der Waals surface area contributed by atoms with Gasteiger partial charge in [0.15, 0.2) is 0 Å². The molecule has 0 radical (unpaired) electrons. The van der Waals surface area contributed by atoms with Crippen LogP contribution in [0.15, 0.2) is 24.4 Å². The standard InChI is InChI=1S/C19H32N4O/c1-16-10-5-8-14-23(16)15-9-7-13-21-19(24)22(3)17(2)18-11-4-6-12-20-18/h4,6,11-12,16-17H,5,7-10,13-15H2,1-3H3,(H,21,24). The Morgan fingerprint density at radius 1 is 1.42 bits per heavy atom. The van der Waals surface area contributed by atoms with E-state index in [1.165, 1.54) is 25.8 Å². The van der Waals surface area contributed by atoms with Gasteiger partial charge in [0.1, 0.15) is 0 Å². The van der Waals surface area contributed by atoms with Gasteiger partial charge in [0.05, 0.1) is 11.7 Å². The summed E-state index contributed by atoms with van der Waals surface area (Å²) in [5.74, 6) is 0. The lowest BCUT2D eigenvalue weighted by Crippen LogP contribution is -2.40. The fourth-order valence-corrected chi connectivity index (χ4v) is 3.25. The molecule has 2 rings (SSSR count). The molecule has 0 bridgehead atoms. The molecule has 1 N–H and O–H groups in total. The number of carbonyl (C=O) groups is 1. The Bertz CT molecular complexity index is 493. The van der Waals surface area contributed by atoms with E-state index in [0.717, 1.165) is 37.7 Å². The Hall–Kier alpha value is -1.62. The van der Waals surface area contributed by atoms with Gasteiger partial charge >= 0.3 is 6.03 Å². The van der Waals surface area contributed by atoms with E-state index in [1.807, 2.05) is 32.2 Å². The average molecular weight is 332 g/mol. The smallest absolute Gasteiger partial charge is 0.317 e. The SMILES string of the molecule is CC1CCCCN1CCCCNC(=O)N(C)C(C)c1ccccn1. The molecule has 1 saturated heterocycles. The topological polar surface area (TPSA) is 48.5 Å². The number of nitrogens with one attached hydrogen (secondary N) is 1. The highest BCUT2D eigenvalue weighted by Crippen LogP contribution is 2.17. The summed E-state index contributed by atoms with van der Waals surface area (Å²) in [6, 6.07) is 6.46. The minimum Gasteiger partial charge on any atom is -0.338 e. The number of piperidine rings is 1. The molecule has 1 fully saturated rings. The van der Waals surface area contributed by atoms with Crippen LogP contribution >= 0.6 is 0 Å². The maximum Gasteiger partial charge on any atom is 0.317 e. The van der Waals surface area contributed by atoms with Gasteiger partial charge in [-0.2, -0.15) is 0 Å². The molecule has 5 heteroatoms. The molecule has 0 saturated carbocycles. The van der Waals surface area contributed by atoms with Gasteiger partial charge in [0, 0.05) is 25.8 Å². The number of amides is 2. The van der Waals surface area contributed by atoms with E-state index < -0.39 is 0 Å². The molecule has 1 aromatic rings. The molecular weight excluding hydrogens is 300 g/mol. The average Bonchev–Trinajstić information content (AvgIpc) is 2.62. The Morgan fingerprint density at radius 2 is 2.25 bits per heavy atom. The highest BCUT2D eigenvalue weighted by atomic mass is 16.2. The molecular formula is C19H32N4O. The summed E-state index contributed by atoms with van der Waals surface area (Å²) in [6.07, 6.45) is 7.96. The molecule has 2 atom stereocenters. The molecule has 0 aromatic carbocycles. The van der Waals surface area contributed by atoms with E-state index in [9.17, 15) is 4.79 Å². The van der Waals surface area contributed by atoms with Crippen molar-refractivity contribution >= 4 is 6.03 Å². The number of hydrogen-bond donors (Lipinski definition) is 1. The Kier molecular flexibility index (Phi) is 7.50. The lowest BCUT2D eigenvalue weighted by atomic mass is 10.0. The fourth-order valence-electron chi connectivity index (χ4n) is 3.25. The summed E-state index contributed by atoms with van der Waals surface area (Å²) in [6.45, 7) is 7.45. The Balaban J connectivity index is 1.64. The van der Waals surface area contributed by atoms with Crippen molar-refractivity contribution in [2.45, 2.75) is 58.0 Å². The van der Waals surface area contributed by atoms with E-state index in [0.29, 0.717) is 0 Å². The van der Waals surface area contributed by atoms with Gasteiger partial charge in [-0.3, -0.25) is 4.98 Å². The third kappa shape index (κ3) is 5.48. The maximum atomic E-state index is 12.3. The van der Waals surface area contributed by atoms with Gasteiger partial charge in [-0.05, 0) is 64.8 Å². The van der Waals surface area contributed by atoms with Crippen molar-refractivity contribution in [2.24, 2.45) is 0 Å². The van der Waals surface area contributed by atoms with Crippen LogP contribution in [0.25, 0.3) is 0 Å². The van der Waals surface area contributed by atoms with Crippen LogP contribution in [0.1, 0.15) is 57.7 Å². The number of unbranched alkanes of at least 4 members (excludes halogenated alkanes) is 1. The molecule has 1 aliphatic heterocycles. The number of carbonyl (C=O) groups excluding carboxylic acids is 1. The largest absolute Gasteiger partial charge is 0.338 e. The third-order valence-electron chi connectivity index (χ3n) is 5.11. The number of urea groups is 1. The molecule has 2 heterocycles. The number of likely N-dealkylation sites (tertiary alicyclic amines) is 1. The minimum absolute atomic E-state index is 0.0274. The lowest BCUT2D eigenvalue weighted by Gasteiger charge is -2.33. The van der Waals surface area contributed by atoms with Crippen molar-refractivity contribution in [2.75, 3.05) is 26.7 Å². The maximum absolute atomic E-state index is 12.3. The first-order valence-corrected chi connectivity index (χ1v) is 9.25. The summed E-state index contributed by atoms with van der Waals surface area (Å²) >= 11 is 0. The predicted molar refractivity (Wildman–Crippen MR) is 97.9 cm³/mol. The van der Waals surface area contributed by atoms with Crippen LogP contribution in [0.3, 0.4) is 0 Å². The summed E-state index contributed by atoms with van der Waals surface area (Å²) < 4.78 is 0. The second-order valence-electron chi connectivity index (χ2n) is 6.86. The fraction of sp³-hybridized carbons (Fsp3) is 0.684. The van der Waals surface area contributed by atoms with Gasteiger partial charge in [-0.25, -0.2) is 4.79 Å². The van der Waals surface area contributed by atoms with Crippen molar-refractivity contribution in [1.82, 2.24) is 20.1 Å². The van der Waals surface area contributed by atoms with Crippen LogP contribution < -0.4 is 5.32 Å². The first kappa shape index (κ1) is 18.7. The van der Waals surface area contributed by atoms with Crippen molar-refractivity contribution in [3.63, 3.8) is 0 Å². The number of rotatable bonds is 7. The van der Waals surface area contributed by atoms with E-state index >= 15 is 0 Å². The molecule has 0 aliphatic carbocycles. The first-order valence-electron chi connectivity index (χ1n) is 9.25. The molecule has 24 heavy (non-hydrogen) atoms. The second kappa shape index (κ2) is 9.62. The third-order valence-corrected chi connectivity index (χ3v) is 5.11. The van der Waals surface area contributed by atoms with Crippen molar-refractivity contribution in [3.05, 3.63) is 30.1 Å². The number of nitrogens with zero attached hydrogens (tertiary/aromatic N) is 3. The van der Waals surface area contributed by atoms with Crippen LogP contribution in [0.2, 0.25) is 0 Å². The van der Waals surface area contributed by atoms with Crippen LogP contribution in [0.5, 0.6) is 0 Å². The summed E-state index contributed by atoms with van der Waals surface area (Å²) in [5, 5.41) is 3.02. The molecule has 2 unspecified atom stereocenters. The van der Waals surface area contributed by atoms with E-state index in [2.05, 4.69) is 22.1 Å². The van der Waals surface area contributed by atoms with Crippen molar-refractivity contribution in [3.8, 4) is 0 Å². The molecule has 1 aliphatic rings. The first-order chi connectivity index (χ1) is 11.6.